The molecule has 1 aromatic heterocycles. The Morgan fingerprint density at radius 1 is 1.65 bits per heavy atom. The van der Waals surface area contributed by atoms with Crippen LogP contribution in [-0.4, -0.2) is 36.1 Å². The first-order chi connectivity index (χ1) is 8.24. The van der Waals surface area contributed by atoms with Crippen LogP contribution in [-0.2, 0) is 0 Å². The van der Waals surface area contributed by atoms with E-state index in [4.69, 9.17) is 11.6 Å². The minimum atomic E-state index is -0.273. The minimum absolute atomic E-state index is 0.190. The van der Waals surface area contributed by atoms with Gasteiger partial charge in [0.25, 0.3) is 5.56 Å². The van der Waals surface area contributed by atoms with Crippen molar-refractivity contribution >= 4 is 17.4 Å². The zero-order valence-electron chi connectivity index (χ0n) is 9.87. The van der Waals surface area contributed by atoms with Crippen molar-refractivity contribution in [1.82, 2.24) is 15.3 Å². The van der Waals surface area contributed by atoms with Crippen LogP contribution in [0.3, 0.4) is 0 Å². The molecule has 2 rings (SSSR count). The molecule has 1 aliphatic heterocycles. The zero-order chi connectivity index (χ0) is 12.3. The standard InChI is InChI=1S/C11H17ClN4O/c1-13-6-8-4-2-3-5-16(8)10-9(12)11(17)15-7-14-10/h7-8,13H,2-6H2,1H3,(H,14,15,17). The second-order valence-electron chi connectivity index (χ2n) is 4.27. The molecule has 0 amide bonds. The van der Waals surface area contributed by atoms with E-state index >= 15 is 0 Å². The summed E-state index contributed by atoms with van der Waals surface area (Å²) in [5.41, 5.74) is -0.273. The third-order valence-corrected chi connectivity index (χ3v) is 3.46. The lowest BCUT2D eigenvalue weighted by molar-refractivity contribution is 0.443. The van der Waals surface area contributed by atoms with Gasteiger partial charge in [0.2, 0.25) is 0 Å². The summed E-state index contributed by atoms with van der Waals surface area (Å²) in [4.78, 5) is 20.3. The molecule has 1 unspecified atom stereocenters. The Morgan fingerprint density at radius 3 is 3.24 bits per heavy atom. The van der Waals surface area contributed by atoms with Crippen LogP contribution < -0.4 is 15.8 Å². The predicted molar refractivity (Wildman–Crippen MR) is 68.8 cm³/mol. The summed E-state index contributed by atoms with van der Waals surface area (Å²) in [5.74, 6) is 0.607. The number of anilines is 1. The average Bonchev–Trinajstić information content (AvgIpc) is 2.34. The molecule has 0 saturated carbocycles. The maximum absolute atomic E-state index is 11.5. The largest absolute Gasteiger partial charge is 0.351 e. The zero-order valence-corrected chi connectivity index (χ0v) is 10.6. The lowest BCUT2D eigenvalue weighted by Crippen LogP contribution is -2.46. The second-order valence-corrected chi connectivity index (χ2v) is 4.65. The number of aromatic amines is 1. The molecule has 0 aromatic carbocycles. The van der Waals surface area contributed by atoms with Gasteiger partial charge in [0.1, 0.15) is 5.02 Å². The third-order valence-electron chi connectivity index (χ3n) is 3.12. The van der Waals surface area contributed by atoms with E-state index in [1.165, 1.54) is 12.7 Å². The summed E-state index contributed by atoms with van der Waals surface area (Å²) in [5, 5.41) is 3.36. The van der Waals surface area contributed by atoms with Gasteiger partial charge in [-0.05, 0) is 26.3 Å². The highest BCUT2D eigenvalue weighted by molar-refractivity contribution is 6.32. The van der Waals surface area contributed by atoms with Gasteiger partial charge in [-0.15, -0.1) is 0 Å². The molecule has 1 saturated heterocycles. The fourth-order valence-corrected chi connectivity index (χ4v) is 2.51. The fraction of sp³-hybridized carbons (Fsp3) is 0.636. The van der Waals surface area contributed by atoms with Crippen molar-refractivity contribution in [2.45, 2.75) is 25.3 Å². The first-order valence-corrected chi connectivity index (χ1v) is 6.26. The van der Waals surface area contributed by atoms with E-state index in [2.05, 4.69) is 20.2 Å². The van der Waals surface area contributed by atoms with E-state index in [0.29, 0.717) is 11.9 Å². The summed E-state index contributed by atoms with van der Waals surface area (Å²) in [6.45, 7) is 1.79. The highest BCUT2D eigenvalue weighted by Gasteiger charge is 2.25. The van der Waals surface area contributed by atoms with Gasteiger partial charge in [0, 0.05) is 19.1 Å². The molecular formula is C11H17ClN4O. The van der Waals surface area contributed by atoms with Crippen LogP contribution in [0.25, 0.3) is 0 Å². The molecule has 2 N–H and O–H groups in total. The van der Waals surface area contributed by atoms with Gasteiger partial charge in [-0.25, -0.2) is 4.98 Å². The topological polar surface area (TPSA) is 61.0 Å². The quantitative estimate of drug-likeness (QED) is 0.847. The van der Waals surface area contributed by atoms with Crippen LogP contribution in [0.4, 0.5) is 5.82 Å². The number of piperidine rings is 1. The number of aromatic nitrogens is 2. The predicted octanol–water partition coefficient (Wildman–Crippen LogP) is 1.00. The van der Waals surface area contributed by atoms with Crippen molar-refractivity contribution in [3.05, 3.63) is 21.7 Å². The van der Waals surface area contributed by atoms with E-state index in [-0.39, 0.29) is 10.6 Å². The SMILES string of the molecule is CNCC1CCCCN1c1nc[nH]c(=O)c1Cl. The van der Waals surface area contributed by atoms with Gasteiger partial charge in [-0.2, -0.15) is 0 Å². The highest BCUT2D eigenvalue weighted by atomic mass is 35.5. The highest BCUT2D eigenvalue weighted by Crippen LogP contribution is 2.26. The summed E-state index contributed by atoms with van der Waals surface area (Å²) < 4.78 is 0. The number of hydrogen-bond acceptors (Lipinski definition) is 4. The van der Waals surface area contributed by atoms with Crippen molar-refractivity contribution in [2.24, 2.45) is 0 Å². The van der Waals surface area contributed by atoms with Gasteiger partial charge >= 0.3 is 0 Å². The summed E-state index contributed by atoms with van der Waals surface area (Å²) in [6, 6.07) is 0.362. The van der Waals surface area contributed by atoms with Crippen molar-refractivity contribution in [3.63, 3.8) is 0 Å². The van der Waals surface area contributed by atoms with Crippen molar-refractivity contribution in [2.75, 3.05) is 25.0 Å². The molecule has 17 heavy (non-hydrogen) atoms. The van der Waals surface area contributed by atoms with E-state index in [1.807, 2.05) is 7.05 Å². The van der Waals surface area contributed by atoms with Crippen LogP contribution in [0, 0.1) is 0 Å². The van der Waals surface area contributed by atoms with Gasteiger partial charge in [0.05, 0.1) is 6.33 Å². The fourth-order valence-electron chi connectivity index (χ4n) is 2.30. The number of nitrogens with zero attached hydrogens (tertiary/aromatic N) is 2. The average molecular weight is 257 g/mol. The molecule has 1 aliphatic rings. The number of H-pyrrole nitrogens is 1. The molecule has 0 radical (unpaired) electrons. The van der Waals surface area contributed by atoms with Gasteiger partial charge in [-0.1, -0.05) is 11.6 Å². The molecule has 0 bridgehead atoms. The Hall–Kier alpha value is -1.07. The summed E-state index contributed by atoms with van der Waals surface area (Å²) in [7, 11) is 1.93. The van der Waals surface area contributed by atoms with Crippen LogP contribution in [0.1, 0.15) is 19.3 Å². The summed E-state index contributed by atoms with van der Waals surface area (Å²) in [6.07, 6.45) is 4.84. The lowest BCUT2D eigenvalue weighted by Gasteiger charge is -2.36. The maximum Gasteiger partial charge on any atom is 0.271 e. The second kappa shape index (κ2) is 5.51. The molecule has 1 atom stereocenters. The number of likely N-dealkylation sites (N-methyl/N-ethyl adjacent to an activating group) is 1. The molecular weight excluding hydrogens is 240 g/mol. The Labute approximate surface area is 105 Å². The van der Waals surface area contributed by atoms with Crippen molar-refractivity contribution < 1.29 is 0 Å². The van der Waals surface area contributed by atoms with Crippen LogP contribution in [0.5, 0.6) is 0 Å². The smallest absolute Gasteiger partial charge is 0.271 e. The number of nitrogens with one attached hydrogen (secondary N) is 2. The number of rotatable bonds is 3. The normalized spacial score (nSPS) is 20.6. The first-order valence-electron chi connectivity index (χ1n) is 5.88. The van der Waals surface area contributed by atoms with Crippen molar-refractivity contribution in [3.8, 4) is 0 Å². The van der Waals surface area contributed by atoms with Gasteiger partial charge in [0.15, 0.2) is 5.82 Å². The van der Waals surface area contributed by atoms with E-state index in [9.17, 15) is 4.79 Å². The molecule has 1 aromatic rings. The third kappa shape index (κ3) is 2.61. The molecule has 2 heterocycles. The molecule has 0 aliphatic carbocycles. The maximum atomic E-state index is 11.5. The molecule has 1 fully saturated rings. The molecule has 94 valence electrons. The van der Waals surface area contributed by atoms with Crippen molar-refractivity contribution in [1.29, 1.82) is 0 Å². The van der Waals surface area contributed by atoms with E-state index in [0.717, 1.165) is 25.9 Å². The Balaban J connectivity index is 2.29. The number of hydrogen-bond donors (Lipinski definition) is 2. The molecule has 6 heteroatoms. The number of halogens is 1. The summed E-state index contributed by atoms with van der Waals surface area (Å²) >= 11 is 6.02. The van der Waals surface area contributed by atoms with Crippen LogP contribution >= 0.6 is 11.6 Å². The van der Waals surface area contributed by atoms with Gasteiger partial charge in [-0.3, -0.25) is 4.79 Å². The van der Waals surface area contributed by atoms with Crippen LogP contribution in [0.15, 0.2) is 11.1 Å². The van der Waals surface area contributed by atoms with Gasteiger partial charge < -0.3 is 15.2 Å². The van der Waals surface area contributed by atoms with Crippen LogP contribution in [0.2, 0.25) is 5.02 Å². The minimum Gasteiger partial charge on any atom is -0.351 e. The Morgan fingerprint density at radius 2 is 2.47 bits per heavy atom. The van der Waals surface area contributed by atoms with E-state index < -0.39 is 0 Å². The lowest BCUT2D eigenvalue weighted by atomic mass is 10.0. The van der Waals surface area contributed by atoms with E-state index in [1.54, 1.807) is 0 Å². The molecule has 5 nitrogen and oxygen atoms in total. The monoisotopic (exact) mass is 256 g/mol. The Bertz CT molecular complexity index is 432. The molecule has 0 spiro atoms. The Kier molecular flexibility index (Phi) is 4.02. The first kappa shape index (κ1) is 12.4.